The van der Waals surface area contributed by atoms with Crippen LogP contribution in [-0.2, 0) is 0 Å². The minimum Gasteiger partial charge on any atom is -0.363 e. The number of benzene rings is 1. The van der Waals surface area contributed by atoms with Gasteiger partial charge in [0.25, 0.3) is 0 Å². The molecule has 0 radical (unpaired) electrons. The molecule has 0 aliphatic carbocycles. The van der Waals surface area contributed by atoms with Gasteiger partial charge in [0.05, 0.1) is 5.69 Å². The lowest BCUT2D eigenvalue weighted by Gasteiger charge is -2.43. The first-order valence-electron chi connectivity index (χ1n) is 7.29. The number of nitrogens with one attached hydrogen (secondary N) is 1. The first-order valence-corrected chi connectivity index (χ1v) is 7.29. The SMILES string of the molecule is CCC(C)C1CN(c2c(C)cccc2F)C(C)CN1. The Balaban J connectivity index is 2.26. The molecule has 1 N–H and O–H groups in total. The molecule has 2 nitrogen and oxygen atoms in total. The zero-order valence-corrected chi connectivity index (χ0v) is 12.4. The summed E-state index contributed by atoms with van der Waals surface area (Å²) in [7, 11) is 0. The highest BCUT2D eigenvalue weighted by Crippen LogP contribution is 2.28. The molecule has 1 heterocycles. The predicted molar refractivity (Wildman–Crippen MR) is 79.2 cm³/mol. The standard InChI is InChI=1S/C16H25FN2/c1-5-11(2)15-10-19(13(4)9-18-15)16-12(3)7-6-8-14(16)17/h6-8,11,13,15,18H,5,9-10H2,1-4H3. The molecule has 1 aromatic carbocycles. The van der Waals surface area contributed by atoms with Crippen molar-refractivity contribution in [2.24, 2.45) is 5.92 Å². The van der Waals surface area contributed by atoms with Gasteiger partial charge >= 0.3 is 0 Å². The summed E-state index contributed by atoms with van der Waals surface area (Å²) in [6, 6.07) is 6.12. The van der Waals surface area contributed by atoms with Crippen molar-refractivity contribution in [2.45, 2.75) is 46.2 Å². The molecular formula is C16H25FN2. The molecule has 19 heavy (non-hydrogen) atoms. The second kappa shape index (κ2) is 5.91. The van der Waals surface area contributed by atoms with Crippen LogP contribution in [-0.4, -0.2) is 25.2 Å². The monoisotopic (exact) mass is 264 g/mol. The summed E-state index contributed by atoms with van der Waals surface area (Å²) >= 11 is 0. The van der Waals surface area contributed by atoms with Crippen LogP contribution in [0.15, 0.2) is 18.2 Å². The van der Waals surface area contributed by atoms with E-state index in [0.717, 1.165) is 30.8 Å². The number of aryl methyl sites for hydroxylation is 1. The fourth-order valence-electron chi connectivity index (χ4n) is 2.85. The van der Waals surface area contributed by atoms with Crippen LogP contribution in [0.25, 0.3) is 0 Å². The molecule has 0 aromatic heterocycles. The Bertz CT molecular complexity index is 413. The average Bonchev–Trinajstić information content (AvgIpc) is 2.39. The molecule has 106 valence electrons. The summed E-state index contributed by atoms with van der Waals surface area (Å²) in [6.45, 7) is 10.4. The zero-order valence-electron chi connectivity index (χ0n) is 12.4. The second-order valence-corrected chi connectivity index (χ2v) is 5.81. The van der Waals surface area contributed by atoms with Crippen molar-refractivity contribution in [3.8, 4) is 0 Å². The quantitative estimate of drug-likeness (QED) is 0.900. The first kappa shape index (κ1) is 14.3. The number of halogens is 1. The third-order valence-corrected chi connectivity index (χ3v) is 4.41. The van der Waals surface area contributed by atoms with Crippen LogP contribution < -0.4 is 10.2 Å². The van der Waals surface area contributed by atoms with Crippen LogP contribution in [0.2, 0.25) is 0 Å². The van der Waals surface area contributed by atoms with E-state index in [2.05, 4.69) is 31.0 Å². The Morgan fingerprint density at radius 2 is 2.21 bits per heavy atom. The Hall–Kier alpha value is -1.09. The number of nitrogens with zero attached hydrogens (tertiary/aromatic N) is 1. The average molecular weight is 264 g/mol. The van der Waals surface area contributed by atoms with Gasteiger partial charge < -0.3 is 10.2 Å². The predicted octanol–water partition coefficient (Wildman–Crippen LogP) is 3.35. The number of hydrogen-bond donors (Lipinski definition) is 1. The molecule has 0 bridgehead atoms. The van der Waals surface area contributed by atoms with E-state index in [1.54, 1.807) is 12.1 Å². The van der Waals surface area contributed by atoms with Gasteiger partial charge in [-0.2, -0.15) is 0 Å². The van der Waals surface area contributed by atoms with Gasteiger partial charge in [0.2, 0.25) is 0 Å². The van der Waals surface area contributed by atoms with Crippen molar-refractivity contribution in [3.63, 3.8) is 0 Å². The smallest absolute Gasteiger partial charge is 0.146 e. The van der Waals surface area contributed by atoms with Crippen LogP contribution in [0.4, 0.5) is 10.1 Å². The first-order chi connectivity index (χ1) is 9.04. The highest BCUT2D eigenvalue weighted by atomic mass is 19.1. The summed E-state index contributed by atoms with van der Waals surface area (Å²) < 4.78 is 14.2. The topological polar surface area (TPSA) is 15.3 Å². The van der Waals surface area contributed by atoms with E-state index in [0.29, 0.717) is 18.0 Å². The van der Waals surface area contributed by atoms with Crippen LogP contribution in [0.1, 0.15) is 32.8 Å². The van der Waals surface area contributed by atoms with Gasteiger partial charge in [0, 0.05) is 25.2 Å². The Kier molecular flexibility index (Phi) is 4.46. The highest BCUT2D eigenvalue weighted by molar-refractivity contribution is 5.55. The van der Waals surface area contributed by atoms with Crippen molar-refractivity contribution in [1.82, 2.24) is 5.32 Å². The Morgan fingerprint density at radius 3 is 2.84 bits per heavy atom. The molecule has 0 spiro atoms. The van der Waals surface area contributed by atoms with Crippen LogP contribution in [0.5, 0.6) is 0 Å². The molecule has 1 saturated heterocycles. The van der Waals surface area contributed by atoms with Crippen molar-refractivity contribution in [2.75, 3.05) is 18.0 Å². The summed E-state index contributed by atoms with van der Waals surface area (Å²) in [5, 5.41) is 3.59. The maximum absolute atomic E-state index is 14.2. The van der Waals surface area contributed by atoms with Gasteiger partial charge in [-0.1, -0.05) is 32.4 Å². The maximum atomic E-state index is 14.2. The maximum Gasteiger partial charge on any atom is 0.146 e. The molecule has 0 saturated carbocycles. The summed E-state index contributed by atoms with van der Waals surface area (Å²) in [5.74, 6) is 0.513. The molecule has 3 atom stereocenters. The highest BCUT2D eigenvalue weighted by Gasteiger charge is 2.29. The molecule has 2 rings (SSSR count). The summed E-state index contributed by atoms with van der Waals surface area (Å²) in [5.41, 5.74) is 1.81. The van der Waals surface area contributed by atoms with Gasteiger partial charge in [-0.05, 0) is 31.4 Å². The molecule has 1 fully saturated rings. The number of hydrogen-bond acceptors (Lipinski definition) is 2. The van der Waals surface area contributed by atoms with Crippen LogP contribution in [0, 0.1) is 18.7 Å². The minimum atomic E-state index is -0.100. The molecular weight excluding hydrogens is 239 g/mol. The fourth-order valence-corrected chi connectivity index (χ4v) is 2.85. The van der Waals surface area contributed by atoms with E-state index in [1.165, 1.54) is 0 Å². The largest absolute Gasteiger partial charge is 0.363 e. The molecule has 3 unspecified atom stereocenters. The zero-order chi connectivity index (χ0) is 14.0. The van der Waals surface area contributed by atoms with Gasteiger partial charge in [-0.15, -0.1) is 0 Å². The van der Waals surface area contributed by atoms with Crippen molar-refractivity contribution in [3.05, 3.63) is 29.6 Å². The molecule has 1 aliphatic rings. The lowest BCUT2D eigenvalue weighted by atomic mass is 9.95. The van der Waals surface area contributed by atoms with Crippen molar-refractivity contribution < 1.29 is 4.39 Å². The minimum absolute atomic E-state index is 0.100. The normalized spacial score (nSPS) is 25.4. The lowest BCUT2D eigenvalue weighted by molar-refractivity contribution is 0.314. The molecule has 1 aliphatic heterocycles. The number of anilines is 1. The molecule has 3 heteroatoms. The van der Waals surface area contributed by atoms with E-state index in [4.69, 9.17) is 0 Å². The second-order valence-electron chi connectivity index (χ2n) is 5.81. The third kappa shape index (κ3) is 2.92. The van der Waals surface area contributed by atoms with Crippen LogP contribution in [0.3, 0.4) is 0 Å². The summed E-state index contributed by atoms with van der Waals surface area (Å²) in [6.07, 6.45) is 1.15. The Labute approximate surface area is 116 Å². The van der Waals surface area contributed by atoms with Gasteiger partial charge in [-0.25, -0.2) is 4.39 Å². The van der Waals surface area contributed by atoms with E-state index in [9.17, 15) is 4.39 Å². The van der Waals surface area contributed by atoms with E-state index >= 15 is 0 Å². The van der Waals surface area contributed by atoms with E-state index in [1.807, 2.05) is 13.0 Å². The van der Waals surface area contributed by atoms with Gasteiger partial charge in [0.15, 0.2) is 0 Å². The lowest BCUT2D eigenvalue weighted by Crippen LogP contribution is -2.58. The van der Waals surface area contributed by atoms with Gasteiger partial charge in [-0.3, -0.25) is 0 Å². The Morgan fingerprint density at radius 1 is 1.47 bits per heavy atom. The van der Waals surface area contributed by atoms with E-state index in [-0.39, 0.29) is 5.82 Å². The third-order valence-electron chi connectivity index (χ3n) is 4.41. The number of rotatable bonds is 3. The number of para-hydroxylation sites is 1. The van der Waals surface area contributed by atoms with Crippen molar-refractivity contribution >= 4 is 5.69 Å². The van der Waals surface area contributed by atoms with E-state index < -0.39 is 0 Å². The fraction of sp³-hybridized carbons (Fsp3) is 0.625. The number of piperazine rings is 1. The summed E-state index contributed by atoms with van der Waals surface area (Å²) in [4.78, 5) is 2.23. The van der Waals surface area contributed by atoms with Crippen LogP contribution >= 0.6 is 0 Å². The van der Waals surface area contributed by atoms with Gasteiger partial charge in [0.1, 0.15) is 5.82 Å². The molecule has 0 amide bonds. The van der Waals surface area contributed by atoms with Crippen molar-refractivity contribution in [1.29, 1.82) is 0 Å². The molecule has 1 aromatic rings.